The number of amides is 1. The molecule has 4 nitrogen and oxygen atoms in total. The van der Waals surface area contributed by atoms with Crippen LogP contribution in [0.1, 0.15) is 12.5 Å². The Kier molecular flexibility index (Phi) is 7.09. The first-order chi connectivity index (χ1) is 13.3. The monoisotopic (exact) mass is 561 g/mol. The van der Waals surface area contributed by atoms with E-state index < -0.39 is 0 Å². The maximum atomic E-state index is 13.0. The summed E-state index contributed by atoms with van der Waals surface area (Å²) in [6.07, 6.45) is 1.78. The van der Waals surface area contributed by atoms with Gasteiger partial charge in [-0.1, -0.05) is 51.5 Å². The zero-order chi connectivity index (χ0) is 20.4. The normalized spacial score (nSPS) is 15.5. The standard InChI is InChI=1S/C19H14Br2ClNO3S2/c1-3-26-16-9-13(21)10(6-15(16)25-2)7-17-18(24)23(19(27)28-17)11-4-5-12(20)14(22)8-11/h4-9H,3H2,1-2H3/b17-7-. The van der Waals surface area contributed by atoms with E-state index in [2.05, 4.69) is 31.9 Å². The van der Waals surface area contributed by atoms with Crippen LogP contribution in [0.3, 0.4) is 0 Å². The Hall–Kier alpha value is -1.06. The summed E-state index contributed by atoms with van der Waals surface area (Å²) in [4.78, 5) is 15.0. The number of methoxy groups -OCH3 is 1. The van der Waals surface area contributed by atoms with Crippen molar-refractivity contribution in [3.05, 3.63) is 54.8 Å². The summed E-state index contributed by atoms with van der Waals surface area (Å²) in [6, 6.07) is 8.92. The van der Waals surface area contributed by atoms with Gasteiger partial charge in [0, 0.05) is 8.95 Å². The van der Waals surface area contributed by atoms with Gasteiger partial charge in [0.15, 0.2) is 15.8 Å². The van der Waals surface area contributed by atoms with E-state index in [1.807, 2.05) is 19.1 Å². The fraction of sp³-hybridized carbons (Fsp3) is 0.158. The molecule has 1 aliphatic heterocycles. The molecule has 0 saturated carbocycles. The van der Waals surface area contributed by atoms with Crippen molar-refractivity contribution in [3.63, 3.8) is 0 Å². The minimum absolute atomic E-state index is 0.201. The SMILES string of the molecule is CCOc1cc(Br)c(/C=C2\SC(=S)N(c3ccc(Br)c(Cl)c3)C2=O)cc1OC. The molecule has 0 radical (unpaired) electrons. The van der Waals surface area contributed by atoms with Crippen molar-refractivity contribution in [3.8, 4) is 11.5 Å². The second-order valence-electron chi connectivity index (χ2n) is 5.57. The molecule has 3 rings (SSSR count). The van der Waals surface area contributed by atoms with Crippen LogP contribution in [0, 0.1) is 0 Å². The van der Waals surface area contributed by atoms with Gasteiger partial charge in [0.1, 0.15) is 0 Å². The first kappa shape index (κ1) is 21.6. The van der Waals surface area contributed by atoms with Gasteiger partial charge in [-0.2, -0.15) is 0 Å². The summed E-state index contributed by atoms with van der Waals surface area (Å²) in [6.45, 7) is 2.43. The number of hydrogen-bond acceptors (Lipinski definition) is 5. The van der Waals surface area contributed by atoms with Gasteiger partial charge in [-0.05, 0) is 64.8 Å². The highest BCUT2D eigenvalue weighted by Crippen LogP contribution is 2.40. The van der Waals surface area contributed by atoms with Crippen molar-refractivity contribution in [1.82, 2.24) is 0 Å². The van der Waals surface area contributed by atoms with Crippen LogP contribution in [0.15, 0.2) is 44.2 Å². The van der Waals surface area contributed by atoms with Gasteiger partial charge < -0.3 is 9.47 Å². The first-order valence-corrected chi connectivity index (χ1v) is 11.3. The number of ether oxygens (including phenoxy) is 2. The molecule has 2 aromatic carbocycles. The largest absolute Gasteiger partial charge is 0.493 e. The minimum Gasteiger partial charge on any atom is -0.493 e. The minimum atomic E-state index is -0.201. The van der Waals surface area contributed by atoms with Crippen LogP contribution < -0.4 is 14.4 Å². The molecule has 1 amide bonds. The molecule has 9 heteroatoms. The van der Waals surface area contributed by atoms with Gasteiger partial charge in [0.25, 0.3) is 5.91 Å². The van der Waals surface area contributed by atoms with Crippen molar-refractivity contribution in [1.29, 1.82) is 0 Å². The number of hydrogen-bond donors (Lipinski definition) is 0. The Bertz CT molecular complexity index is 997. The molecule has 1 fully saturated rings. The molecule has 0 unspecified atom stereocenters. The maximum absolute atomic E-state index is 13.0. The summed E-state index contributed by atoms with van der Waals surface area (Å²) in [5, 5.41) is 0.509. The Balaban J connectivity index is 1.96. The number of anilines is 1. The lowest BCUT2D eigenvalue weighted by atomic mass is 10.1. The molecule has 0 spiro atoms. The van der Waals surface area contributed by atoms with E-state index in [-0.39, 0.29) is 5.91 Å². The smallest absolute Gasteiger partial charge is 0.270 e. The third kappa shape index (κ3) is 4.41. The van der Waals surface area contributed by atoms with E-state index in [1.165, 1.54) is 16.7 Å². The van der Waals surface area contributed by atoms with Crippen molar-refractivity contribution < 1.29 is 14.3 Å². The van der Waals surface area contributed by atoms with Crippen LogP contribution in [-0.2, 0) is 4.79 Å². The molecule has 0 aliphatic carbocycles. The molecule has 1 aliphatic rings. The Morgan fingerprint density at radius 2 is 1.96 bits per heavy atom. The Labute approximate surface area is 194 Å². The van der Waals surface area contributed by atoms with Crippen LogP contribution in [0.2, 0.25) is 5.02 Å². The van der Waals surface area contributed by atoms with Crippen LogP contribution in [0.4, 0.5) is 5.69 Å². The van der Waals surface area contributed by atoms with E-state index in [0.29, 0.717) is 38.0 Å². The highest BCUT2D eigenvalue weighted by atomic mass is 79.9. The fourth-order valence-corrected chi connectivity index (χ4v) is 4.69. The number of thioether (sulfide) groups is 1. The number of carbonyl (C=O) groups is 1. The first-order valence-electron chi connectivity index (χ1n) is 8.09. The number of halogens is 3. The lowest BCUT2D eigenvalue weighted by Gasteiger charge is -2.15. The maximum Gasteiger partial charge on any atom is 0.270 e. The van der Waals surface area contributed by atoms with E-state index in [1.54, 1.807) is 31.4 Å². The Morgan fingerprint density at radius 3 is 2.61 bits per heavy atom. The average Bonchev–Trinajstić information content (AvgIpc) is 2.93. The zero-order valence-electron chi connectivity index (χ0n) is 14.8. The highest BCUT2D eigenvalue weighted by Gasteiger charge is 2.33. The van der Waals surface area contributed by atoms with Crippen molar-refractivity contribution in [2.45, 2.75) is 6.92 Å². The number of nitrogens with zero attached hydrogens (tertiary/aromatic N) is 1. The molecule has 0 bridgehead atoms. The molecule has 0 aromatic heterocycles. The molecule has 1 saturated heterocycles. The molecule has 1 heterocycles. The third-order valence-corrected chi connectivity index (χ3v) is 7.05. The summed E-state index contributed by atoms with van der Waals surface area (Å²) in [5.41, 5.74) is 1.41. The van der Waals surface area contributed by atoms with Crippen molar-refractivity contribution in [2.24, 2.45) is 0 Å². The number of rotatable bonds is 5. The summed E-state index contributed by atoms with van der Waals surface area (Å²) >= 11 is 19.7. The number of benzene rings is 2. The summed E-state index contributed by atoms with van der Waals surface area (Å²) in [5.74, 6) is 1.02. The van der Waals surface area contributed by atoms with Crippen LogP contribution in [0.25, 0.3) is 6.08 Å². The average molecular weight is 564 g/mol. The van der Waals surface area contributed by atoms with Gasteiger partial charge in [0.2, 0.25) is 0 Å². The zero-order valence-corrected chi connectivity index (χ0v) is 20.4. The lowest BCUT2D eigenvalue weighted by molar-refractivity contribution is -0.113. The van der Waals surface area contributed by atoms with Gasteiger partial charge in [0.05, 0.1) is 29.3 Å². The molecular weight excluding hydrogens is 550 g/mol. The predicted octanol–water partition coefficient (Wildman–Crippen LogP) is 6.68. The molecular formula is C19H14Br2ClNO3S2. The van der Waals surface area contributed by atoms with Crippen molar-refractivity contribution in [2.75, 3.05) is 18.6 Å². The van der Waals surface area contributed by atoms with Crippen molar-refractivity contribution >= 4 is 89.4 Å². The number of carbonyl (C=O) groups excluding carboxylic acids is 1. The summed E-state index contributed by atoms with van der Waals surface area (Å²) < 4.78 is 13.0. The van der Waals surface area contributed by atoms with Gasteiger partial charge >= 0.3 is 0 Å². The van der Waals surface area contributed by atoms with E-state index in [4.69, 9.17) is 33.3 Å². The topological polar surface area (TPSA) is 38.8 Å². The van der Waals surface area contributed by atoms with Crippen LogP contribution in [0.5, 0.6) is 11.5 Å². The molecule has 28 heavy (non-hydrogen) atoms. The summed E-state index contributed by atoms with van der Waals surface area (Å²) in [7, 11) is 1.58. The Morgan fingerprint density at radius 1 is 1.21 bits per heavy atom. The van der Waals surface area contributed by atoms with E-state index >= 15 is 0 Å². The lowest BCUT2D eigenvalue weighted by Crippen LogP contribution is -2.27. The van der Waals surface area contributed by atoms with Gasteiger partial charge in [-0.25, -0.2) is 0 Å². The van der Waals surface area contributed by atoms with Crippen LogP contribution >= 0.6 is 67.4 Å². The second kappa shape index (κ2) is 9.17. The molecule has 0 N–H and O–H groups in total. The van der Waals surface area contributed by atoms with E-state index in [9.17, 15) is 4.79 Å². The van der Waals surface area contributed by atoms with Gasteiger partial charge in [-0.15, -0.1) is 0 Å². The number of thiocarbonyl (C=S) groups is 1. The predicted molar refractivity (Wildman–Crippen MR) is 127 cm³/mol. The highest BCUT2D eigenvalue weighted by molar-refractivity contribution is 9.10. The fourth-order valence-electron chi connectivity index (χ4n) is 2.54. The second-order valence-corrected chi connectivity index (χ2v) is 9.36. The third-order valence-electron chi connectivity index (χ3n) is 3.82. The van der Waals surface area contributed by atoms with Gasteiger partial charge in [-0.3, -0.25) is 9.69 Å². The molecule has 0 atom stereocenters. The van der Waals surface area contributed by atoms with E-state index in [0.717, 1.165) is 14.5 Å². The molecule has 146 valence electrons. The molecule has 2 aromatic rings. The van der Waals surface area contributed by atoms with Crippen LogP contribution in [-0.4, -0.2) is 23.9 Å². The quantitative estimate of drug-likeness (QED) is 0.300.